The summed E-state index contributed by atoms with van der Waals surface area (Å²) in [7, 11) is 0. The molecule has 71 valence electrons. The molecule has 0 spiro atoms. The third kappa shape index (κ3) is 6.19. The maximum Gasteiger partial charge on any atom is 0.162 e. The van der Waals surface area contributed by atoms with Crippen molar-refractivity contribution in [1.29, 1.82) is 0 Å². The van der Waals surface area contributed by atoms with E-state index in [0.717, 1.165) is 0 Å². The highest BCUT2D eigenvalue weighted by Crippen LogP contribution is 2.09. The van der Waals surface area contributed by atoms with Gasteiger partial charge in [-0.15, -0.1) is 0 Å². The molecule has 0 bridgehead atoms. The third-order valence-corrected chi connectivity index (χ3v) is 1.22. The van der Waals surface area contributed by atoms with Crippen molar-refractivity contribution >= 4 is 0 Å². The van der Waals surface area contributed by atoms with Crippen LogP contribution in [-0.2, 0) is 14.2 Å². The van der Waals surface area contributed by atoms with Crippen LogP contribution in [0.3, 0.4) is 0 Å². The quantitative estimate of drug-likeness (QED) is 0.333. The second-order valence-corrected chi connectivity index (χ2v) is 2.63. The molecule has 1 radical (unpaired) electrons. The Hall–Kier alpha value is -0.540. The zero-order valence-electron chi connectivity index (χ0n) is 7.84. The van der Waals surface area contributed by atoms with Gasteiger partial charge in [0.15, 0.2) is 5.79 Å². The van der Waals surface area contributed by atoms with Crippen molar-refractivity contribution in [1.82, 2.24) is 0 Å². The molecule has 0 heterocycles. The average Bonchev–Trinajstić information content (AvgIpc) is 1.98. The molecule has 0 aromatic heterocycles. The lowest BCUT2D eigenvalue weighted by Crippen LogP contribution is -2.29. The Morgan fingerprint density at radius 1 is 1.25 bits per heavy atom. The molecular weight excluding hydrogens is 156 g/mol. The van der Waals surface area contributed by atoms with Crippen LogP contribution in [0.4, 0.5) is 0 Å². The van der Waals surface area contributed by atoms with Crippen molar-refractivity contribution < 1.29 is 14.2 Å². The monoisotopic (exact) mass is 173 g/mol. The van der Waals surface area contributed by atoms with E-state index in [-0.39, 0.29) is 0 Å². The van der Waals surface area contributed by atoms with E-state index in [1.807, 2.05) is 13.8 Å². The molecule has 0 aliphatic heterocycles. The lowest BCUT2D eigenvalue weighted by atomic mass is 10.4. The average molecular weight is 173 g/mol. The van der Waals surface area contributed by atoms with Crippen LogP contribution < -0.4 is 0 Å². The van der Waals surface area contributed by atoms with Gasteiger partial charge in [0.2, 0.25) is 0 Å². The van der Waals surface area contributed by atoms with Crippen molar-refractivity contribution in [3.05, 3.63) is 19.8 Å². The first-order valence-electron chi connectivity index (χ1n) is 3.92. The van der Waals surface area contributed by atoms with Gasteiger partial charge >= 0.3 is 0 Å². The summed E-state index contributed by atoms with van der Waals surface area (Å²) >= 11 is 0. The van der Waals surface area contributed by atoms with Crippen molar-refractivity contribution in [2.24, 2.45) is 0 Å². The maximum absolute atomic E-state index is 5.34. The molecule has 0 aliphatic rings. The van der Waals surface area contributed by atoms with Gasteiger partial charge < -0.3 is 14.2 Å². The minimum atomic E-state index is -0.577. The van der Waals surface area contributed by atoms with Crippen LogP contribution in [-0.4, -0.2) is 25.6 Å². The first-order chi connectivity index (χ1) is 5.62. The fraction of sp³-hybridized carbons (Fsp3) is 0.667. The van der Waals surface area contributed by atoms with Gasteiger partial charge in [-0.25, -0.2) is 0 Å². The summed E-state index contributed by atoms with van der Waals surface area (Å²) in [5, 5.41) is 0. The molecule has 0 N–H and O–H groups in total. The molecule has 0 fully saturated rings. The zero-order valence-corrected chi connectivity index (χ0v) is 7.84. The molecule has 0 saturated carbocycles. The molecule has 3 heteroatoms. The lowest BCUT2D eigenvalue weighted by Gasteiger charge is -2.24. The van der Waals surface area contributed by atoms with E-state index in [2.05, 4.69) is 13.5 Å². The second-order valence-electron chi connectivity index (χ2n) is 2.63. The maximum atomic E-state index is 5.34. The standard InChI is InChI=1S/C9H17O3/c1-5-10-7-8-12-9(3,4)11-6-2/h5H,1-2,6-8H2,3-4H3. The fourth-order valence-corrected chi connectivity index (χ4v) is 0.706. The van der Waals surface area contributed by atoms with E-state index in [4.69, 9.17) is 14.2 Å². The SMILES string of the molecule is [CH2]COC(C)(C)OCCOC=C. The van der Waals surface area contributed by atoms with Crippen LogP contribution in [0.5, 0.6) is 0 Å². The van der Waals surface area contributed by atoms with Gasteiger partial charge in [-0.1, -0.05) is 6.58 Å². The van der Waals surface area contributed by atoms with Crippen molar-refractivity contribution in [3.8, 4) is 0 Å². The predicted octanol–water partition coefficient (Wildman–Crippen LogP) is 1.75. The molecule has 0 aliphatic carbocycles. The fourth-order valence-electron chi connectivity index (χ4n) is 0.706. The van der Waals surface area contributed by atoms with Gasteiger partial charge in [0, 0.05) is 0 Å². The highest BCUT2D eigenvalue weighted by atomic mass is 16.7. The number of rotatable bonds is 7. The Balaban J connectivity index is 3.39. The Morgan fingerprint density at radius 3 is 2.42 bits per heavy atom. The molecule has 0 saturated heterocycles. The third-order valence-electron chi connectivity index (χ3n) is 1.22. The first kappa shape index (κ1) is 11.5. The lowest BCUT2D eigenvalue weighted by molar-refractivity contribution is -0.211. The van der Waals surface area contributed by atoms with Crippen LogP contribution in [0.2, 0.25) is 0 Å². The van der Waals surface area contributed by atoms with Gasteiger partial charge in [-0.05, 0) is 20.8 Å². The van der Waals surface area contributed by atoms with E-state index < -0.39 is 5.79 Å². The van der Waals surface area contributed by atoms with Crippen molar-refractivity contribution in [2.45, 2.75) is 19.6 Å². The molecule has 0 aromatic carbocycles. The topological polar surface area (TPSA) is 27.7 Å². The highest BCUT2D eigenvalue weighted by Gasteiger charge is 2.16. The van der Waals surface area contributed by atoms with E-state index in [1.54, 1.807) is 0 Å². The van der Waals surface area contributed by atoms with E-state index in [0.29, 0.717) is 19.8 Å². The number of hydrogen-bond acceptors (Lipinski definition) is 3. The Labute approximate surface area is 74.3 Å². The Kier molecular flexibility index (Phi) is 5.76. The normalized spacial score (nSPS) is 11.2. The minimum absolute atomic E-state index is 0.398. The van der Waals surface area contributed by atoms with Gasteiger partial charge in [-0.3, -0.25) is 0 Å². The molecular formula is C9H17O3. The summed E-state index contributed by atoms with van der Waals surface area (Å²) in [6.45, 7) is 12.0. The number of hydrogen-bond donors (Lipinski definition) is 0. The zero-order chi connectivity index (χ0) is 9.45. The smallest absolute Gasteiger partial charge is 0.162 e. The molecule has 12 heavy (non-hydrogen) atoms. The summed E-state index contributed by atoms with van der Waals surface area (Å²) in [4.78, 5) is 0. The molecule has 3 nitrogen and oxygen atoms in total. The van der Waals surface area contributed by atoms with E-state index in [1.165, 1.54) is 6.26 Å². The van der Waals surface area contributed by atoms with Crippen molar-refractivity contribution in [3.63, 3.8) is 0 Å². The molecule has 0 amide bonds. The van der Waals surface area contributed by atoms with E-state index in [9.17, 15) is 0 Å². The summed E-state index contributed by atoms with van der Waals surface area (Å²) in [5.41, 5.74) is 0. The number of ether oxygens (including phenoxy) is 3. The largest absolute Gasteiger partial charge is 0.499 e. The summed E-state index contributed by atoms with van der Waals surface area (Å²) in [5.74, 6) is -0.577. The molecule has 0 unspecified atom stereocenters. The Bertz CT molecular complexity index is 121. The van der Waals surface area contributed by atoms with Gasteiger partial charge in [0.1, 0.15) is 6.61 Å². The first-order valence-corrected chi connectivity index (χ1v) is 3.92. The minimum Gasteiger partial charge on any atom is -0.499 e. The van der Waals surface area contributed by atoms with Crippen LogP contribution in [0.15, 0.2) is 12.8 Å². The van der Waals surface area contributed by atoms with Crippen LogP contribution >= 0.6 is 0 Å². The van der Waals surface area contributed by atoms with Crippen LogP contribution in [0, 0.1) is 6.92 Å². The summed E-state index contributed by atoms with van der Waals surface area (Å²) in [6.07, 6.45) is 1.39. The summed E-state index contributed by atoms with van der Waals surface area (Å²) < 4.78 is 15.4. The predicted molar refractivity (Wildman–Crippen MR) is 47.5 cm³/mol. The van der Waals surface area contributed by atoms with Gasteiger partial charge in [-0.2, -0.15) is 0 Å². The summed E-state index contributed by atoms with van der Waals surface area (Å²) in [6, 6.07) is 0. The molecule has 0 rings (SSSR count). The van der Waals surface area contributed by atoms with Crippen LogP contribution in [0.25, 0.3) is 0 Å². The van der Waals surface area contributed by atoms with E-state index >= 15 is 0 Å². The molecule has 0 aromatic rings. The highest BCUT2D eigenvalue weighted by molar-refractivity contribution is 4.55. The van der Waals surface area contributed by atoms with Crippen molar-refractivity contribution in [2.75, 3.05) is 19.8 Å². The van der Waals surface area contributed by atoms with Gasteiger partial charge in [0.25, 0.3) is 0 Å². The van der Waals surface area contributed by atoms with Gasteiger partial charge in [0.05, 0.1) is 19.5 Å². The molecule has 0 atom stereocenters. The van der Waals surface area contributed by atoms with Crippen LogP contribution in [0.1, 0.15) is 13.8 Å². The second kappa shape index (κ2) is 6.03. The Morgan fingerprint density at radius 2 is 1.92 bits per heavy atom.